The second-order valence-corrected chi connectivity index (χ2v) is 6.03. The summed E-state index contributed by atoms with van der Waals surface area (Å²) in [4.78, 5) is 23.5. The maximum absolute atomic E-state index is 14.0. The summed E-state index contributed by atoms with van der Waals surface area (Å²) in [6.45, 7) is 1.13. The zero-order chi connectivity index (χ0) is 19.0. The molecule has 26 heavy (non-hydrogen) atoms. The number of carbonyl (C=O) groups excluding carboxylic acids is 2. The summed E-state index contributed by atoms with van der Waals surface area (Å²) in [5.74, 6) is -2.83. The lowest BCUT2D eigenvalue weighted by Gasteiger charge is -2.10. The Morgan fingerprint density at radius 2 is 1.92 bits per heavy atom. The van der Waals surface area contributed by atoms with Crippen molar-refractivity contribution in [3.8, 4) is 5.75 Å². The van der Waals surface area contributed by atoms with E-state index in [1.165, 1.54) is 24.4 Å². The van der Waals surface area contributed by atoms with Crippen LogP contribution in [0.4, 0.5) is 14.5 Å². The molecule has 0 spiro atoms. The molecule has 3 aromatic rings. The number of carbonyl (C=O) groups is 2. The van der Waals surface area contributed by atoms with Gasteiger partial charge >= 0.3 is 5.97 Å². The highest BCUT2D eigenvalue weighted by molar-refractivity contribution is 6.34. The number of anilines is 1. The van der Waals surface area contributed by atoms with Gasteiger partial charge in [-0.25, -0.2) is 8.78 Å². The van der Waals surface area contributed by atoms with Crippen molar-refractivity contribution in [2.24, 2.45) is 7.05 Å². The average molecular weight is 379 g/mol. The van der Waals surface area contributed by atoms with E-state index in [-0.39, 0.29) is 22.0 Å². The van der Waals surface area contributed by atoms with Crippen LogP contribution in [0.25, 0.3) is 10.9 Å². The van der Waals surface area contributed by atoms with Gasteiger partial charge in [0.05, 0.1) is 21.8 Å². The van der Waals surface area contributed by atoms with Gasteiger partial charge in [0, 0.05) is 37.7 Å². The molecule has 1 N–H and O–H groups in total. The minimum Gasteiger partial charge on any atom is -0.424 e. The van der Waals surface area contributed by atoms with E-state index in [4.69, 9.17) is 16.3 Å². The largest absolute Gasteiger partial charge is 0.424 e. The highest BCUT2D eigenvalue weighted by Gasteiger charge is 2.18. The van der Waals surface area contributed by atoms with Crippen LogP contribution in [0.3, 0.4) is 0 Å². The van der Waals surface area contributed by atoms with Crippen molar-refractivity contribution < 1.29 is 23.1 Å². The quantitative estimate of drug-likeness (QED) is 0.546. The van der Waals surface area contributed by atoms with Crippen molar-refractivity contribution >= 4 is 40.1 Å². The smallest absolute Gasteiger partial charge is 0.308 e. The number of benzene rings is 2. The second-order valence-electron chi connectivity index (χ2n) is 5.63. The van der Waals surface area contributed by atoms with E-state index in [1.807, 2.05) is 0 Å². The highest BCUT2D eigenvalue weighted by atomic mass is 35.5. The third-order valence-corrected chi connectivity index (χ3v) is 4.03. The fraction of sp³-hybridized carbons (Fsp3) is 0.111. The fourth-order valence-corrected chi connectivity index (χ4v) is 2.79. The number of amides is 1. The average Bonchev–Trinajstić information content (AvgIpc) is 2.88. The van der Waals surface area contributed by atoms with Gasteiger partial charge in [-0.15, -0.1) is 0 Å². The monoisotopic (exact) mass is 378 g/mol. The number of halogens is 3. The number of hydrogen-bond acceptors (Lipinski definition) is 3. The Hall–Kier alpha value is -2.93. The van der Waals surface area contributed by atoms with Crippen molar-refractivity contribution in [2.45, 2.75) is 6.92 Å². The van der Waals surface area contributed by atoms with Crippen LogP contribution in [0.1, 0.15) is 17.3 Å². The first kappa shape index (κ1) is 17.9. The van der Waals surface area contributed by atoms with Crippen LogP contribution in [-0.2, 0) is 11.8 Å². The number of rotatable bonds is 3. The van der Waals surface area contributed by atoms with Gasteiger partial charge in [-0.1, -0.05) is 11.6 Å². The van der Waals surface area contributed by atoms with Gasteiger partial charge in [-0.05, 0) is 18.2 Å². The first-order valence-electron chi connectivity index (χ1n) is 7.49. The van der Waals surface area contributed by atoms with E-state index in [9.17, 15) is 18.4 Å². The number of fused-ring (bicyclic) bond motifs is 1. The van der Waals surface area contributed by atoms with Crippen LogP contribution in [0.15, 0.2) is 36.5 Å². The summed E-state index contributed by atoms with van der Waals surface area (Å²) in [6.07, 6.45) is 1.54. The molecule has 0 saturated heterocycles. The Morgan fingerprint density at radius 3 is 2.62 bits per heavy atom. The number of aromatic nitrogens is 1. The van der Waals surface area contributed by atoms with Gasteiger partial charge < -0.3 is 14.6 Å². The number of esters is 1. The lowest BCUT2D eigenvalue weighted by Crippen LogP contribution is -2.12. The SMILES string of the molecule is CC(=O)Oc1cc(Cl)c(NC(=O)c2cn(C)c3cc(F)ccc23)cc1F. The lowest BCUT2D eigenvalue weighted by molar-refractivity contribution is -0.132. The third kappa shape index (κ3) is 3.39. The highest BCUT2D eigenvalue weighted by Crippen LogP contribution is 2.31. The molecule has 1 aromatic heterocycles. The molecule has 0 radical (unpaired) electrons. The molecular formula is C18H13ClF2N2O3. The number of nitrogens with zero attached hydrogens (tertiary/aromatic N) is 1. The van der Waals surface area contributed by atoms with Gasteiger partial charge in [0.25, 0.3) is 5.91 Å². The first-order valence-corrected chi connectivity index (χ1v) is 7.87. The van der Waals surface area contributed by atoms with Crippen LogP contribution in [0.5, 0.6) is 5.75 Å². The minimum absolute atomic E-state index is 0.00211. The lowest BCUT2D eigenvalue weighted by atomic mass is 10.1. The Labute approximate surface area is 152 Å². The van der Waals surface area contributed by atoms with Crippen molar-refractivity contribution in [3.63, 3.8) is 0 Å². The molecule has 5 nitrogen and oxygen atoms in total. The summed E-state index contributed by atoms with van der Waals surface area (Å²) < 4.78 is 33.7. The molecular weight excluding hydrogens is 366 g/mol. The van der Waals surface area contributed by atoms with Gasteiger partial charge in [0.1, 0.15) is 5.82 Å². The van der Waals surface area contributed by atoms with Crippen molar-refractivity contribution in [1.29, 1.82) is 0 Å². The van der Waals surface area contributed by atoms with Gasteiger partial charge in [0.15, 0.2) is 11.6 Å². The molecule has 0 unspecified atom stereocenters. The maximum atomic E-state index is 14.0. The van der Waals surface area contributed by atoms with Crippen molar-refractivity contribution in [3.05, 3.63) is 58.7 Å². The molecule has 3 rings (SSSR count). The molecule has 134 valence electrons. The van der Waals surface area contributed by atoms with E-state index in [0.29, 0.717) is 10.9 Å². The normalized spacial score (nSPS) is 10.8. The van der Waals surface area contributed by atoms with Gasteiger partial charge in [0.2, 0.25) is 0 Å². The molecule has 8 heteroatoms. The molecule has 1 heterocycles. The first-order chi connectivity index (χ1) is 12.3. The van der Waals surface area contributed by atoms with E-state index in [2.05, 4.69) is 5.32 Å². The third-order valence-electron chi connectivity index (χ3n) is 3.72. The summed E-state index contributed by atoms with van der Waals surface area (Å²) in [6, 6.07) is 6.12. The Morgan fingerprint density at radius 1 is 1.19 bits per heavy atom. The predicted molar refractivity (Wildman–Crippen MR) is 93.5 cm³/mol. The predicted octanol–water partition coefficient (Wildman–Crippen LogP) is 4.29. The molecule has 1 amide bonds. The Kier molecular flexibility index (Phi) is 4.65. The fourth-order valence-electron chi connectivity index (χ4n) is 2.59. The summed E-state index contributed by atoms with van der Waals surface area (Å²) >= 11 is 6.03. The van der Waals surface area contributed by atoms with E-state index >= 15 is 0 Å². The van der Waals surface area contributed by atoms with Gasteiger partial charge in [-0.3, -0.25) is 9.59 Å². The Balaban J connectivity index is 1.94. The number of nitrogens with one attached hydrogen (secondary N) is 1. The molecule has 2 aromatic carbocycles. The Bertz CT molecular complexity index is 1050. The summed E-state index contributed by atoms with van der Waals surface area (Å²) in [7, 11) is 1.68. The van der Waals surface area contributed by atoms with Gasteiger partial charge in [-0.2, -0.15) is 0 Å². The van der Waals surface area contributed by atoms with Crippen LogP contribution >= 0.6 is 11.6 Å². The van der Waals surface area contributed by atoms with Crippen molar-refractivity contribution in [1.82, 2.24) is 4.57 Å². The van der Waals surface area contributed by atoms with E-state index in [1.54, 1.807) is 11.6 Å². The molecule has 0 aliphatic heterocycles. The topological polar surface area (TPSA) is 60.3 Å². The number of aryl methyl sites for hydroxylation is 1. The molecule has 0 saturated carbocycles. The van der Waals surface area contributed by atoms with Crippen molar-refractivity contribution in [2.75, 3.05) is 5.32 Å². The molecule has 0 fully saturated rings. The molecule has 0 aliphatic carbocycles. The summed E-state index contributed by atoms with van der Waals surface area (Å²) in [5, 5.41) is 3.05. The molecule has 0 atom stereocenters. The molecule has 0 aliphatic rings. The summed E-state index contributed by atoms with van der Waals surface area (Å²) in [5.41, 5.74) is 0.838. The van der Waals surface area contributed by atoms with E-state index in [0.717, 1.165) is 19.1 Å². The van der Waals surface area contributed by atoms with Crippen LogP contribution in [-0.4, -0.2) is 16.4 Å². The zero-order valence-corrected chi connectivity index (χ0v) is 14.5. The minimum atomic E-state index is -0.847. The second kappa shape index (κ2) is 6.76. The van der Waals surface area contributed by atoms with E-state index < -0.39 is 23.5 Å². The van der Waals surface area contributed by atoms with Crippen LogP contribution in [0, 0.1) is 11.6 Å². The number of hydrogen-bond donors (Lipinski definition) is 1. The molecule has 0 bridgehead atoms. The standard InChI is InChI=1S/C18H13ClF2N2O3/c1-9(24)26-17-6-13(19)15(7-14(17)21)22-18(25)12-8-23(2)16-5-10(20)3-4-11(12)16/h3-8H,1-2H3,(H,22,25). The number of ether oxygens (including phenoxy) is 1. The zero-order valence-electron chi connectivity index (χ0n) is 13.8. The van der Waals surface area contributed by atoms with Crippen LogP contribution in [0.2, 0.25) is 5.02 Å². The van der Waals surface area contributed by atoms with Crippen LogP contribution < -0.4 is 10.1 Å². The maximum Gasteiger partial charge on any atom is 0.308 e.